The Kier molecular flexibility index (Phi) is 10.6. The van der Waals surface area contributed by atoms with Gasteiger partial charge in [0.05, 0.1) is 29.0 Å². The van der Waals surface area contributed by atoms with Gasteiger partial charge in [0, 0.05) is 37.1 Å². The quantitative estimate of drug-likeness (QED) is 0.118. The van der Waals surface area contributed by atoms with E-state index in [-0.39, 0.29) is 31.1 Å². The molecule has 5 rings (SSSR count). The van der Waals surface area contributed by atoms with Crippen molar-refractivity contribution in [3.8, 4) is 0 Å². The average molecular weight is 607 g/mol. The van der Waals surface area contributed by atoms with Crippen LogP contribution >= 0.6 is 23.1 Å². The van der Waals surface area contributed by atoms with Crippen LogP contribution in [0.1, 0.15) is 66.8 Å². The van der Waals surface area contributed by atoms with Crippen molar-refractivity contribution in [2.75, 3.05) is 5.75 Å². The number of carbonyl (C=O) groups excluding carboxylic acids is 1. The van der Waals surface area contributed by atoms with Gasteiger partial charge in [-0.1, -0.05) is 72.4 Å². The third-order valence-electron chi connectivity index (χ3n) is 7.07. The number of nitrogens with one attached hydrogen (secondary N) is 1. The maximum Gasteiger partial charge on any atom is 0.303 e. The van der Waals surface area contributed by atoms with Gasteiger partial charge < -0.3 is 25.0 Å². The number of aliphatic hydroxyl groups excluding tert-OH is 1. The number of aliphatic carboxylic acids is 1. The largest absolute Gasteiger partial charge is 0.481 e. The molecule has 3 aromatic carbocycles. The van der Waals surface area contributed by atoms with Crippen LogP contribution in [0, 0.1) is 0 Å². The first-order valence-corrected chi connectivity index (χ1v) is 15.8. The summed E-state index contributed by atoms with van der Waals surface area (Å²) in [7, 11) is 0. The van der Waals surface area contributed by atoms with Crippen molar-refractivity contribution in [1.29, 1.82) is 0 Å². The normalized spacial score (nSPS) is 18.6. The van der Waals surface area contributed by atoms with Crippen LogP contribution in [0.5, 0.6) is 0 Å². The zero-order chi connectivity index (χ0) is 29.3. The summed E-state index contributed by atoms with van der Waals surface area (Å²) in [5, 5.41) is 21.1. The van der Waals surface area contributed by atoms with Gasteiger partial charge in [0.15, 0.2) is 10.6 Å². The van der Waals surface area contributed by atoms with E-state index < -0.39 is 12.3 Å². The number of carbonyl (C=O) groups is 2. The Hall–Kier alpha value is -3.28. The summed E-state index contributed by atoms with van der Waals surface area (Å²) in [5.74, 6) is -0.195. The Morgan fingerprint density at radius 2 is 1.64 bits per heavy atom. The topological polar surface area (TPSA) is 118 Å². The van der Waals surface area contributed by atoms with Gasteiger partial charge in [0.25, 0.3) is 0 Å². The van der Waals surface area contributed by atoms with Gasteiger partial charge in [0.1, 0.15) is 0 Å². The second-order valence-electron chi connectivity index (χ2n) is 10.2. The number of carboxylic acid groups (broad SMARTS) is 1. The summed E-state index contributed by atoms with van der Waals surface area (Å²) >= 11 is 3.38. The molecule has 10 heteroatoms. The molecule has 1 fully saturated rings. The van der Waals surface area contributed by atoms with Crippen LogP contribution in [-0.4, -0.2) is 38.9 Å². The first-order chi connectivity index (χ1) is 20.5. The molecule has 3 N–H and O–H groups in total. The van der Waals surface area contributed by atoms with Crippen LogP contribution in [0.3, 0.4) is 0 Å². The molecular weight excluding hydrogens is 572 g/mol. The Bertz CT molecular complexity index is 1440. The van der Waals surface area contributed by atoms with E-state index in [4.69, 9.17) is 19.6 Å². The lowest BCUT2D eigenvalue weighted by Crippen LogP contribution is -2.31. The summed E-state index contributed by atoms with van der Waals surface area (Å²) in [6, 6.07) is 23.8. The molecule has 220 valence electrons. The fraction of sp³-hybridized carbons (Fsp3) is 0.344. The molecule has 0 spiro atoms. The maximum absolute atomic E-state index is 12.1. The molecule has 1 aliphatic rings. The number of aliphatic hydroxyl groups is 1. The molecule has 0 bridgehead atoms. The number of benzene rings is 3. The number of thiazole rings is 1. The van der Waals surface area contributed by atoms with Crippen molar-refractivity contribution in [3.63, 3.8) is 0 Å². The minimum absolute atomic E-state index is 0.00347. The summed E-state index contributed by atoms with van der Waals surface area (Å²) in [6.07, 6.45) is 1.34. The highest BCUT2D eigenvalue weighted by Crippen LogP contribution is 2.40. The summed E-state index contributed by atoms with van der Waals surface area (Å²) < 4.78 is 15.1. The van der Waals surface area contributed by atoms with E-state index in [2.05, 4.69) is 11.4 Å². The molecule has 0 saturated carbocycles. The van der Waals surface area contributed by atoms with Crippen LogP contribution < -0.4 is 5.32 Å². The second kappa shape index (κ2) is 14.8. The number of nitrogens with zero attached hydrogens (tertiary/aromatic N) is 1. The first-order valence-electron chi connectivity index (χ1n) is 14.0. The van der Waals surface area contributed by atoms with Crippen molar-refractivity contribution >= 4 is 45.2 Å². The minimum Gasteiger partial charge on any atom is -0.481 e. The van der Waals surface area contributed by atoms with Crippen LogP contribution in [0.2, 0.25) is 0 Å². The van der Waals surface area contributed by atoms with E-state index >= 15 is 0 Å². The Labute approximate surface area is 253 Å². The van der Waals surface area contributed by atoms with E-state index in [1.54, 1.807) is 23.1 Å². The van der Waals surface area contributed by atoms with Crippen molar-refractivity contribution in [3.05, 3.63) is 95.1 Å². The summed E-state index contributed by atoms with van der Waals surface area (Å²) in [6.45, 7) is 0.391. The molecule has 1 amide bonds. The Morgan fingerprint density at radius 1 is 0.929 bits per heavy atom. The van der Waals surface area contributed by atoms with Gasteiger partial charge in [-0.15, -0.1) is 11.3 Å². The van der Waals surface area contributed by atoms with Crippen LogP contribution in [-0.2, 0) is 32.2 Å². The fourth-order valence-electron chi connectivity index (χ4n) is 4.74. The average Bonchev–Trinajstić information content (AvgIpc) is 3.44. The predicted molar refractivity (Wildman–Crippen MR) is 163 cm³/mol. The molecule has 1 aromatic heterocycles. The smallest absolute Gasteiger partial charge is 0.303 e. The van der Waals surface area contributed by atoms with Gasteiger partial charge in [-0.25, -0.2) is 4.98 Å². The SMILES string of the molecule is O=C(O)CCCCC(=O)NCc1ccc([C@@H]2O[C@H](CSc3nc4ccccc4s3)C[C@H](c3ccc(CO)cc3)O2)cc1. The number of hydrogen-bond acceptors (Lipinski definition) is 8. The maximum atomic E-state index is 12.1. The van der Waals surface area contributed by atoms with Gasteiger partial charge in [0.2, 0.25) is 5.91 Å². The van der Waals surface area contributed by atoms with E-state index in [0.29, 0.717) is 32.2 Å². The van der Waals surface area contributed by atoms with Crippen LogP contribution in [0.15, 0.2) is 77.1 Å². The number of thioether (sulfide) groups is 1. The molecule has 2 heterocycles. The standard InChI is InChI=1S/C32H34N2O6S2/c35-19-22-11-13-23(14-12-22)27-17-25(20-41-32-34-26-5-1-2-6-28(26)42-32)39-31(40-27)24-15-9-21(10-16-24)18-33-29(36)7-3-4-8-30(37)38/h1-2,5-6,9-16,25,27,31,35H,3-4,7-8,17-20H2,(H,33,36)(H,37,38)/t25-,27+,31+/m0/s1. The molecule has 0 unspecified atom stereocenters. The predicted octanol–water partition coefficient (Wildman–Crippen LogP) is 6.39. The molecular formula is C32H34N2O6S2. The van der Waals surface area contributed by atoms with Gasteiger partial charge in [-0.2, -0.15) is 0 Å². The molecule has 0 radical (unpaired) electrons. The second-order valence-corrected chi connectivity index (χ2v) is 12.5. The number of para-hydroxylation sites is 1. The number of carboxylic acids is 1. The number of aromatic nitrogens is 1. The van der Waals surface area contributed by atoms with Crippen molar-refractivity contribution in [1.82, 2.24) is 10.3 Å². The number of unbranched alkanes of at least 4 members (excludes halogenated alkanes) is 1. The van der Waals surface area contributed by atoms with Gasteiger partial charge in [-0.05, 0) is 41.7 Å². The highest BCUT2D eigenvalue weighted by atomic mass is 32.2. The number of ether oxygens (including phenoxy) is 2. The van der Waals surface area contributed by atoms with E-state index in [1.807, 2.05) is 66.7 Å². The highest BCUT2D eigenvalue weighted by molar-refractivity contribution is 8.01. The molecule has 4 aromatic rings. The van der Waals surface area contributed by atoms with Crippen LogP contribution in [0.4, 0.5) is 0 Å². The number of fused-ring (bicyclic) bond motifs is 1. The number of hydrogen-bond donors (Lipinski definition) is 3. The zero-order valence-electron chi connectivity index (χ0n) is 23.1. The third-order valence-corrected chi connectivity index (χ3v) is 9.38. The van der Waals surface area contributed by atoms with Crippen LogP contribution in [0.25, 0.3) is 10.2 Å². The highest BCUT2D eigenvalue weighted by Gasteiger charge is 2.32. The molecule has 8 nitrogen and oxygen atoms in total. The Balaban J connectivity index is 1.22. The van der Waals surface area contributed by atoms with E-state index in [0.717, 1.165) is 37.9 Å². The first kappa shape index (κ1) is 30.2. The summed E-state index contributed by atoms with van der Waals surface area (Å²) in [5.41, 5.74) is 4.75. The lowest BCUT2D eigenvalue weighted by atomic mass is 10.0. The fourth-order valence-corrected chi connectivity index (χ4v) is 6.86. The third kappa shape index (κ3) is 8.39. The monoisotopic (exact) mass is 606 g/mol. The zero-order valence-corrected chi connectivity index (χ0v) is 24.7. The summed E-state index contributed by atoms with van der Waals surface area (Å²) in [4.78, 5) is 27.5. The van der Waals surface area contributed by atoms with Crippen molar-refractivity contribution < 1.29 is 29.3 Å². The molecule has 0 aliphatic carbocycles. The number of rotatable bonds is 13. The van der Waals surface area contributed by atoms with Crippen molar-refractivity contribution in [2.45, 2.75) is 68.1 Å². The Morgan fingerprint density at radius 3 is 2.38 bits per heavy atom. The van der Waals surface area contributed by atoms with Crippen molar-refractivity contribution in [2.24, 2.45) is 0 Å². The van der Waals surface area contributed by atoms with Gasteiger partial charge in [-0.3, -0.25) is 9.59 Å². The minimum atomic E-state index is -0.842. The molecule has 1 saturated heterocycles. The molecule has 3 atom stereocenters. The lowest BCUT2D eigenvalue weighted by Gasteiger charge is -2.36. The molecule has 42 heavy (non-hydrogen) atoms. The van der Waals surface area contributed by atoms with Gasteiger partial charge >= 0.3 is 5.97 Å². The molecule has 1 aliphatic heterocycles. The van der Waals surface area contributed by atoms with E-state index in [1.165, 1.54) is 4.70 Å². The lowest BCUT2D eigenvalue weighted by molar-refractivity contribution is -0.245. The van der Waals surface area contributed by atoms with E-state index in [9.17, 15) is 14.7 Å². The number of amides is 1.